The molecule has 0 fully saturated rings. The Morgan fingerprint density at radius 1 is 0.263 bits per heavy atom. The first-order valence-corrected chi connectivity index (χ1v) is 28.3. The summed E-state index contributed by atoms with van der Waals surface area (Å²) in [6.45, 7) is 9.49. The van der Waals surface area contributed by atoms with Crippen molar-refractivity contribution >= 4 is 10.1 Å². The number of hydrogen-bond donors (Lipinski definition) is 0. The van der Waals surface area contributed by atoms with Gasteiger partial charge in [0.25, 0.3) is 0 Å². The van der Waals surface area contributed by atoms with Gasteiger partial charge in [0.1, 0.15) is 10.1 Å². The van der Waals surface area contributed by atoms with E-state index in [4.69, 9.17) is 0 Å². The highest BCUT2D eigenvalue weighted by atomic mass is 32.2. The fraction of sp³-hybridized carbons (Fsp3) is 1.00. The summed E-state index contributed by atoms with van der Waals surface area (Å²) in [5.74, 6) is -0.192. The Morgan fingerprint density at radius 3 is 0.544 bits per heavy atom. The van der Waals surface area contributed by atoms with Crippen molar-refractivity contribution in [3.63, 3.8) is 0 Å². The number of rotatable bonds is 50. The van der Waals surface area contributed by atoms with E-state index in [0.717, 1.165) is 38.9 Å². The zero-order valence-corrected chi connectivity index (χ0v) is 40.5. The van der Waals surface area contributed by atoms with Crippen LogP contribution in [0.4, 0.5) is 0 Å². The van der Waals surface area contributed by atoms with Crippen LogP contribution in [0.2, 0.25) is 0 Å². The maximum Gasteiger partial charge on any atom is 0.169 e. The van der Waals surface area contributed by atoms with Crippen molar-refractivity contribution in [2.75, 3.05) is 25.5 Å². The number of hydrogen-bond acceptors (Lipinski definition) is 3. The van der Waals surface area contributed by atoms with Gasteiger partial charge in [0.2, 0.25) is 0 Å². The summed E-state index contributed by atoms with van der Waals surface area (Å²) >= 11 is 0. The van der Waals surface area contributed by atoms with Gasteiger partial charge >= 0.3 is 0 Å². The SMILES string of the molecule is CCCCCCCCCCCCCCCCC[N+](CCCCCCCCCCCCCCCCC)(CCCCCCCCCCCCCCCCC)CS(=O)(=O)[O-]. The standard InChI is InChI=1S/C52H107NO3S/c1-4-7-10-13-16-19-22-25-28-31-34-37-40-43-46-49-53(52-57(54,55)56,50-47-44-41-38-35-32-29-26-23-20-17-14-11-8-5-2)51-48-45-42-39-36-33-30-27-24-21-18-15-12-9-6-3/h4-52H2,1-3H3. The molecule has 57 heavy (non-hydrogen) atoms. The van der Waals surface area contributed by atoms with E-state index in [0.29, 0.717) is 4.48 Å². The summed E-state index contributed by atoms with van der Waals surface area (Å²) in [4.78, 5) is 0. The van der Waals surface area contributed by atoms with Crippen molar-refractivity contribution in [2.45, 2.75) is 310 Å². The Balaban J connectivity index is 4.55. The van der Waals surface area contributed by atoms with Crippen LogP contribution in [0.15, 0.2) is 0 Å². The first kappa shape index (κ1) is 56.9. The summed E-state index contributed by atoms with van der Waals surface area (Å²) in [6.07, 6.45) is 60.3. The summed E-state index contributed by atoms with van der Waals surface area (Å²) in [7, 11) is -4.27. The van der Waals surface area contributed by atoms with Crippen molar-refractivity contribution in [3.8, 4) is 0 Å². The molecule has 0 amide bonds. The molecule has 5 heteroatoms. The molecule has 0 aliphatic heterocycles. The minimum atomic E-state index is -4.27. The van der Waals surface area contributed by atoms with Crippen molar-refractivity contribution < 1.29 is 17.5 Å². The molecule has 0 rings (SSSR count). The van der Waals surface area contributed by atoms with E-state index in [9.17, 15) is 13.0 Å². The van der Waals surface area contributed by atoms with Gasteiger partial charge in [-0.15, -0.1) is 0 Å². The summed E-state index contributed by atoms with van der Waals surface area (Å²) in [5.41, 5.74) is 0. The Bertz CT molecular complexity index is 778. The second kappa shape index (κ2) is 45.4. The van der Waals surface area contributed by atoms with Crippen LogP contribution in [-0.2, 0) is 10.1 Å². The summed E-state index contributed by atoms with van der Waals surface area (Å²) < 4.78 is 37.6. The molecule has 0 aliphatic rings. The third-order valence-corrected chi connectivity index (χ3v) is 14.0. The van der Waals surface area contributed by atoms with Crippen LogP contribution < -0.4 is 0 Å². The molecule has 0 N–H and O–H groups in total. The number of nitrogens with zero attached hydrogens (tertiary/aromatic N) is 1. The van der Waals surface area contributed by atoms with E-state index >= 15 is 0 Å². The Hall–Kier alpha value is -0.130. The minimum absolute atomic E-state index is 0.192. The van der Waals surface area contributed by atoms with Gasteiger partial charge in [0, 0.05) is 0 Å². The van der Waals surface area contributed by atoms with Crippen molar-refractivity contribution in [1.29, 1.82) is 0 Å². The zero-order valence-electron chi connectivity index (χ0n) is 39.7. The molecule has 0 aromatic rings. The predicted molar refractivity (Wildman–Crippen MR) is 254 cm³/mol. The fourth-order valence-corrected chi connectivity index (χ4v) is 10.4. The number of unbranched alkanes of at least 4 members (excludes halogenated alkanes) is 42. The Morgan fingerprint density at radius 2 is 0.404 bits per heavy atom. The Labute approximate surface area is 361 Å². The molecule has 0 heterocycles. The zero-order chi connectivity index (χ0) is 41.6. The molecular weight excluding hydrogens is 719 g/mol. The molecule has 0 atom stereocenters. The van der Waals surface area contributed by atoms with Gasteiger partial charge in [-0.1, -0.05) is 271 Å². The highest BCUT2D eigenvalue weighted by Gasteiger charge is 2.29. The molecule has 0 radical (unpaired) electrons. The second-order valence-electron chi connectivity index (χ2n) is 19.0. The number of quaternary nitrogens is 1. The third-order valence-electron chi connectivity index (χ3n) is 13.1. The Kier molecular flexibility index (Phi) is 45.3. The average Bonchev–Trinajstić information content (AvgIpc) is 3.18. The van der Waals surface area contributed by atoms with Crippen LogP contribution in [0.5, 0.6) is 0 Å². The van der Waals surface area contributed by atoms with Crippen molar-refractivity contribution in [2.24, 2.45) is 0 Å². The maximum atomic E-state index is 12.4. The lowest BCUT2D eigenvalue weighted by Gasteiger charge is -2.39. The largest absolute Gasteiger partial charge is 0.744 e. The molecule has 0 aliphatic carbocycles. The first-order chi connectivity index (χ1) is 27.9. The quantitative estimate of drug-likeness (QED) is 0.0349. The molecule has 4 nitrogen and oxygen atoms in total. The monoisotopic (exact) mass is 826 g/mol. The highest BCUT2D eigenvalue weighted by Crippen LogP contribution is 2.21. The van der Waals surface area contributed by atoms with Gasteiger partial charge in [-0.3, -0.25) is 0 Å². The van der Waals surface area contributed by atoms with Crippen LogP contribution in [0, 0.1) is 0 Å². The van der Waals surface area contributed by atoms with Crippen molar-refractivity contribution in [1.82, 2.24) is 0 Å². The van der Waals surface area contributed by atoms with Gasteiger partial charge in [-0.2, -0.15) is 0 Å². The smallest absolute Gasteiger partial charge is 0.169 e. The van der Waals surface area contributed by atoms with Gasteiger partial charge in [0.15, 0.2) is 5.88 Å². The van der Waals surface area contributed by atoms with Gasteiger partial charge in [0.05, 0.1) is 19.6 Å². The molecule has 0 aromatic carbocycles. The normalized spacial score (nSPS) is 12.3. The highest BCUT2D eigenvalue weighted by molar-refractivity contribution is 7.85. The van der Waals surface area contributed by atoms with Crippen LogP contribution in [-0.4, -0.2) is 43.0 Å². The summed E-state index contributed by atoms with van der Waals surface area (Å²) in [6, 6.07) is 0. The second-order valence-corrected chi connectivity index (χ2v) is 20.4. The van der Waals surface area contributed by atoms with Crippen LogP contribution in [0.1, 0.15) is 310 Å². The molecule has 0 bridgehead atoms. The van der Waals surface area contributed by atoms with E-state index in [1.165, 1.54) is 270 Å². The topological polar surface area (TPSA) is 57.2 Å². The summed E-state index contributed by atoms with van der Waals surface area (Å²) in [5, 5.41) is 0. The molecule has 0 unspecified atom stereocenters. The van der Waals surface area contributed by atoms with Gasteiger partial charge in [-0.25, -0.2) is 8.42 Å². The van der Waals surface area contributed by atoms with E-state index < -0.39 is 10.1 Å². The lowest BCUT2D eigenvalue weighted by Crippen LogP contribution is -2.53. The lowest BCUT2D eigenvalue weighted by atomic mass is 10.0. The van der Waals surface area contributed by atoms with E-state index in [1.54, 1.807) is 0 Å². The average molecular weight is 826 g/mol. The van der Waals surface area contributed by atoms with Gasteiger partial charge in [-0.05, 0) is 38.5 Å². The molecule has 0 saturated heterocycles. The van der Waals surface area contributed by atoms with Crippen LogP contribution in [0.25, 0.3) is 0 Å². The van der Waals surface area contributed by atoms with E-state index in [-0.39, 0.29) is 5.88 Å². The molecule has 0 saturated carbocycles. The molecule has 344 valence electrons. The van der Waals surface area contributed by atoms with Gasteiger partial charge < -0.3 is 9.04 Å². The maximum absolute atomic E-state index is 12.4. The molecule has 0 aromatic heterocycles. The van der Waals surface area contributed by atoms with Crippen LogP contribution in [0.3, 0.4) is 0 Å². The fourth-order valence-electron chi connectivity index (χ4n) is 9.32. The van der Waals surface area contributed by atoms with E-state index in [2.05, 4.69) is 20.8 Å². The lowest BCUT2D eigenvalue weighted by molar-refractivity contribution is -0.918. The third kappa shape index (κ3) is 45.2. The van der Waals surface area contributed by atoms with E-state index in [1.807, 2.05) is 0 Å². The minimum Gasteiger partial charge on any atom is -0.744 e. The predicted octanol–water partition coefficient (Wildman–Crippen LogP) is 17.9. The van der Waals surface area contributed by atoms with Crippen molar-refractivity contribution in [3.05, 3.63) is 0 Å². The van der Waals surface area contributed by atoms with Crippen LogP contribution >= 0.6 is 0 Å². The first-order valence-electron chi connectivity index (χ1n) is 26.7. The molecule has 0 spiro atoms. The molecular formula is C52H107NO3S.